The first-order valence-corrected chi connectivity index (χ1v) is 12.2. The third kappa shape index (κ3) is 5.15. The fourth-order valence-electron chi connectivity index (χ4n) is 3.13. The van der Waals surface area contributed by atoms with E-state index in [1.54, 1.807) is 12.1 Å². The van der Waals surface area contributed by atoms with Crippen LogP contribution in [0.15, 0.2) is 29.2 Å². The summed E-state index contributed by atoms with van der Waals surface area (Å²) in [6.45, 7) is 1.09. The lowest BCUT2D eigenvalue weighted by Gasteiger charge is -2.31. The first-order valence-electron chi connectivity index (χ1n) is 9.32. The second-order valence-corrected chi connectivity index (χ2v) is 10.6. The van der Waals surface area contributed by atoms with Gasteiger partial charge in [-0.1, -0.05) is 11.6 Å². The molecular formula is C19H20ClF2IN4O4S. The van der Waals surface area contributed by atoms with Crippen molar-refractivity contribution < 1.29 is 26.8 Å². The quantitative estimate of drug-likeness (QED) is 0.391. The highest BCUT2D eigenvalue weighted by Gasteiger charge is 2.34. The average molecular weight is 601 g/mol. The molecular weight excluding hydrogens is 581 g/mol. The number of likely N-dealkylation sites (N-methyl/N-ethyl adjacent to an activating group) is 1. The molecule has 1 fully saturated rings. The number of halogens is 4. The zero-order valence-corrected chi connectivity index (χ0v) is 20.8. The van der Waals surface area contributed by atoms with E-state index in [2.05, 4.69) is 10.2 Å². The number of hydroxylamine groups is 1. The minimum Gasteiger partial charge on any atom is -0.351 e. The molecule has 0 aromatic heterocycles. The van der Waals surface area contributed by atoms with E-state index in [-0.39, 0.29) is 23.8 Å². The maximum atomic E-state index is 15.2. The summed E-state index contributed by atoms with van der Waals surface area (Å²) in [5, 5.41) is 2.80. The number of carbonyl (C=O) groups excluding carboxylic acids is 1. The number of rotatable bonds is 6. The molecule has 0 atom stereocenters. The fourth-order valence-corrected chi connectivity index (χ4v) is 5.54. The van der Waals surface area contributed by atoms with E-state index in [0.29, 0.717) is 13.1 Å². The maximum absolute atomic E-state index is 15.2. The zero-order chi connectivity index (χ0) is 23.6. The molecule has 0 bridgehead atoms. The van der Waals surface area contributed by atoms with E-state index in [9.17, 15) is 13.2 Å². The van der Waals surface area contributed by atoms with Crippen LogP contribution in [0.25, 0.3) is 0 Å². The van der Waals surface area contributed by atoms with Crippen molar-refractivity contribution in [1.29, 1.82) is 0 Å². The number of nitrogens with one attached hydrogen (secondary N) is 2. The van der Waals surface area contributed by atoms with E-state index in [4.69, 9.17) is 11.6 Å². The van der Waals surface area contributed by atoms with Gasteiger partial charge in [0.15, 0.2) is 11.6 Å². The predicted molar refractivity (Wildman–Crippen MR) is 125 cm³/mol. The second-order valence-electron chi connectivity index (χ2n) is 7.02. The van der Waals surface area contributed by atoms with Gasteiger partial charge in [0, 0.05) is 29.7 Å². The van der Waals surface area contributed by atoms with Crippen LogP contribution >= 0.6 is 34.2 Å². The van der Waals surface area contributed by atoms with Crippen molar-refractivity contribution in [3.63, 3.8) is 0 Å². The van der Waals surface area contributed by atoms with Gasteiger partial charge in [-0.3, -0.25) is 9.63 Å². The topological polar surface area (TPSA) is 91.0 Å². The summed E-state index contributed by atoms with van der Waals surface area (Å²) in [5.74, 6) is -4.09. The highest BCUT2D eigenvalue weighted by molar-refractivity contribution is 14.1. The van der Waals surface area contributed by atoms with Crippen molar-refractivity contribution in [3.8, 4) is 0 Å². The van der Waals surface area contributed by atoms with Gasteiger partial charge >= 0.3 is 0 Å². The number of anilines is 2. The zero-order valence-electron chi connectivity index (χ0n) is 17.1. The molecule has 2 aromatic carbocycles. The van der Waals surface area contributed by atoms with Crippen molar-refractivity contribution in [1.82, 2.24) is 14.7 Å². The van der Waals surface area contributed by atoms with Gasteiger partial charge in [-0.2, -0.15) is 4.31 Å². The molecule has 32 heavy (non-hydrogen) atoms. The van der Waals surface area contributed by atoms with Crippen LogP contribution in [0.3, 0.4) is 0 Å². The Balaban J connectivity index is 2.12. The summed E-state index contributed by atoms with van der Waals surface area (Å²) in [4.78, 5) is 18.1. The van der Waals surface area contributed by atoms with Crippen molar-refractivity contribution in [2.45, 2.75) is 4.90 Å². The summed E-state index contributed by atoms with van der Waals surface area (Å²) >= 11 is 8.19. The lowest BCUT2D eigenvalue weighted by Crippen LogP contribution is -2.47. The Morgan fingerprint density at radius 3 is 2.41 bits per heavy atom. The summed E-state index contributed by atoms with van der Waals surface area (Å²) in [7, 11) is -1.41. The number of hydrogen-bond donors (Lipinski definition) is 2. The van der Waals surface area contributed by atoms with E-state index < -0.39 is 43.7 Å². The molecule has 0 aliphatic carbocycles. The Labute approximate surface area is 203 Å². The smallest absolute Gasteiger partial charge is 0.277 e. The first kappa shape index (κ1) is 25.1. The molecule has 174 valence electrons. The van der Waals surface area contributed by atoms with Gasteiger partial charge in [-0.15, -0.1) is 0 Å². The van der Waals surface area contributed by atoms with Crippen LogP contribution in [-0.4, -0.2) is 63.9 Å². The van der Waals surface area contributed by atoms with Gasteiger partial charge in [-0.05, 0) is 53.9 Å². The predicted octanol–water partition coefficient (Wildman–Crippen LogP) is 3.19. The molecule has 8 nitrogen and oxygen atoms in total. The molecule has 13 heteroatoms. The van der Waals surface area contributed by atoms with Crippen LogP contribution in [0.4, 0.5) is 20.2 Å². The molecule has 2 aromatic rings. The monoisotopic (exact) mass is 600 g/mol. The molecule has 0 radical (unpaired) electrons. The Kier molecular flexibility index (Phi) is 7.93. The van der Waals surface area contributed by atoms with Crippen LogP contribution in [0.1, 0.15) is 10.4 Å². The fraction of sp³-hybridized carbons (Fsp3) is 0.316. The molecule has 3 rings (SSSR count). The molecule has 1 amide bonds. The summed E-state index contributed by atoms with van der Waals surface area (Å²) in [5.41, 5.74) is 1.17. The lowest BCUT2D eigenvalue weighted by molar-refractivity contribution is 0.0538. The van der Waals surface area contributed by atoms with Gasteiger partial charge in [-0.25, -0.2) is 22.7 Å². The first-order chi connectivity index (χ1) is 15.1. The maximum Gasteiger partial charge on any atom is 0.277 e. The number of hydrogen-bond acceptors (Lipinski definition) is 6. The highest BCUT2D eigenvalue weighted by atomic mass is 127. The Hall–Kier alpha value is -1.58. The molecule has 0 spiro atoms. The summed E-state index contributed by atoms with van der Waals surface area (Å²) in [6, 6.07) is 5.57. The number of carbonyl (C=O) groups is 1. The molecule has 0 saturated carbocycles. The molecule has 0 unspecified atom stereocenters. The number of sulfonamides is 1. The molecule has 1 aliphatic rings. The van der Waals surface area contributed by atoms with Crippen LogP contribution in [-0.2, 0) is 14.9 Å². The third-order valence-electron chi connectivity index (χ3n) is 4.88. The Morgan fingerprint density at radius 1 is 1.16 bits per heavy atom. The Bertz CT molecular complexity index is 1140. The van der Waals surface area contributed by atoms with E-state index in [0.717, 1.165) is 21.1 Å². The van der Waals surface area contributed by atoms with Crippen LogP contribution in [0, 0.1) is 15.2 Å². The third-order valence-corrected chi connectivity index (χ3v) is 7.77. The molecule has 1 saturated heterocycles. The van der Waals surface area contributed by atoms with Crippen LogP contribution in [0.2, 0.25) is 5.02 Å². The molecule has 1 aliphatic heterocycles. The number of amides is 1. The van der Waals surface area contributed by atoms with Gasteiger partial charge < -0.3 is 10.2 Å². The van der Waals surface area contributed by atoms with Crippen molar-refractivity contribution in [3.05, 3.63) is 50.1 Å². The number of piperazine rings is 1. The van der Waals surface area contributed by atoms with Crippen LogP contribution in [0.5, 0.6) is 0 Å². The van der Waals surface area contributed by atoms with Gasteiger partial charge in [0.25, 0.3) is 5.91 Å². The van der Waals surface area contributed by atoms with Crippen molar-refractivity contribution in [2.24, 2.45) is 0 Å². The highest BCUT2D eigenvalue weighted by Crippen LogP contribution is 2.34. The molecule has 1 heterocycles. The van der Waals surface area contributed by atoms with E-state index in [1.165, 1.54) is 6.07 Å². The van der Waals surface area contributed by atoms with Crippen molar-refractivity contribution in [2.75, 3.05) is 45.7 Å². The minimum absolute atomic E-state index is 0.109. The average Bonchev–Trinajstić information content (AvgIpc) is 2.73. The lowest BCUT2D eigenvalue weighted by atomic mass is 10.1. The van der Waals surface area contributed by atoms with Gasteiger partial charge in [0.1, 0.15) is 4.90 Å². The number of nitrogens with zero attached hydrogens (tertiary/aromatic N) is 2. The normalized spacial score (nSPS) is 15.6. The van der Waals surface area contributed by atoms with Crippen molar-refractivity contribution >= 4 is 61.5 Å². The summed E-state index contributed by atoms with van der Waals surface area (Å²) < 4.78 is 58.2. The largest absolute Gasteiger partial charge is 0.351 e. The minimum atomic E-state index is -4.40. The van der Waals surface area contributed by atoms with E-state index >= 15 is 8.78 Å². The standard InChI is InChI=1S/C19H20ClF2IN4O4S/c1-26-5-7-27(8-6-26)32(29,30)15-10-12(19(28)25-31-2)18(17(22)16(15)21)24-14-4-3-11(23)9-13(14)20/h3-4,9-10,24H,5-8H2,1-2H3,(H,25,28). The summed E-state index contributed by atoms with van der Waals surface area (Å²) in [6.07, 6.45) is 0. The second kappa shape index (κ2) is 10.1. The van der Waals surface area contributed by atoms with E-state index in [1.807, 2.05) is 40.0 Å². The number of benzene rings is 2. The Morgan fingerprint density at radius 2 is 1.81 bits per heavy atom. The molecule has 2 N–H and O–H groups in total. The van der Waals surface area contributed by atoms with Gasteiger partial charge in [0.2, 0.25) is 10.0 Å². The van der Waals surface area contributed by atoms with Gasteiger partial charge in [0.05, 0.1) is 29.1 Å². The van der Waals surface area contributed by atoms with Crippen LogP contribution < -0.4 is 10.8 Å². The SMILES string of the molecule is CONC(=O)c1cc(S(=O)(=O)N2CCN(C)CC2)c(F)c(F)c1Nc1ccc(I)cc1Cl.